The molecule has 0 unspecified atom stereocenters. The van der Waals surface area contributed by atoms with Gasteiger partial charge >= 0.3 is 5.97 Å². The molecule has 2 saturated carbocycles. The molecule has 1 aromatic heterocycles. The fraction of sp³-hybridized carbons (Fsp3) is 0.625. The minimum absolute atomic E-state index is 0.213. The van der Waals surface area contributed by atoms with Crippen LogP contribution in [-0.4, -0.2) is 29.9 Å². The number of amides is 2. The summed E-state index contributed by atoms with van der Waals surface area (Å²) in [7, 11) is 1.34. The maximum absolute atomic E-state index is 12.0. The molecule has 0 aliphatic heterocycles. The lowest BCUT2D eigenvalue weighted by Crippen LogP contribution is -2.48. The van der Waals surface area contributed by atoms with Gasteiger partial charge in [0.15, 0.2) is 5.01 Å². The molecule has 1 heterocycles. The number of ether oxygens (including phenoxy) is 1. The molecule has 0 bridgehead atoms. The molecule has 0 spiro atoms. The van der Waals surface area contributed by atoms with Crippen LogP contribution in [0.3, 0.4) is 0 Å². The number of nitrogens with zero attached hydrogens (tertiary/aromatic N) is 1. The fourth-order valence-electron chi connectivity index (χ4n) is 2.96. The van der Waals surface area contributed by atoms with Gasteiger partial charge in [-0.2, -0.15) is 0 Å². The quantitative estimate of drug-likeness (QED) is 0.618. The predicted molar refractivity (Wildman–Crippen MR) is 87.0 cm³/mol. The van der Waals surface area contributed by atoms with Crippen LogP contribution in [-0.2, 0) is 20.7 Å². The average molecular weight is 351 g/mol. The predicted octanol–water partition coefficient (Wildman–Crippen LogP) is 1.45. The zero-order valence-corrected chi connectivity index (χ0v) is 14.4. The van der Waals surface area contributed by atoms with Gasteiger partial charge in [-0.05, 0) is 25.2 Å². The zero-order valence-electron chi connectivity index (χ0n) is 13.5. The number of carbonyl (C=O) groups is 3. The molecule has 8 heteroatoms. The molecule has 2 aliphatic rings. The number of hydrogen-bond donors (Lipinski definition) is 2. The number of carbonyl (C=O) groups excluding carboxylic acids is 3. The molecular weight excluding hydrogens is 330 g/mol. The van der Waals surface area contributed by atoms with E-state index in [1.54, 1.807) is 0 Å². The maximum Gasteiger partial charge on any atom is 0.308 e. The molecular formula is C16H21N3O4S. The Morgan fingerprint density at radius 2 is 2.00 bits per heavy atom. The largest absolute Gasteiger partial charge is 0.469 e. The minimum Gasteiger partial charge on any atom is -0.469 e. The number of aromatic nitrogens is 1. The van der Waals surface area contributed by atoms with E-state index in [0.29, 0.717) is 23.8 Å². The number of thiazole rings is 1. The average Bonchev–Trinajstić information content (AvgIpc) is 2.95. The van der Waals surface area contributed by atoms with Crippen molar-refractivity contribution in [3.05, 3.63) is 16.1 Å². The Kier molecular flexibility index (Phi) is 5.13. The first-order valence-electron chi connectivity index (χ1n) is 8.19. The van der Waals surface area contributed by atoms with Gasteiger partial charge in [-0.25, -0.2) is 4.98 Å². The summed E-state index contributed by atoms with van der Waals surface area (Å²) in [4.78, 5) is 39.6. The van der Waals surface area contributed by atoms with Gasteiger partial charge in [0.1, 0.15) is 0 Å². The molecule has 2 N–H and O–H groups in total. The normalized spacial score (nSPS) is 22.9. The molecule has 2 aliphatic carbocycles. The molecule has 24 heavy (non-hydrogen) atoms. The second-order valence-electron chi connectivity index (χ2n) is 6.48. The van der Waals surface area contributed by atoms with Crippen molar-refractivity contribution in [1.82, 2.24) is 15.8 Å². The van der Waals surface area contributed by atoms with Crippen molar-refractivity contribution in [3.8, 4) is 0 Å². The van der Waals surface area contributed by atoms with Crippen LogP contribution in [0.4, 0.5) is 0 Å². The smallest absolute Gasteiger partial charge is 0.308 e. The van der Waals surface area contributed by atoms with Gasteiger partial charge in [-0.15, -0.1) is 11.3 Å². The highest BCUT2D eigenvalue weighted by Crippen LogP contribution is 2.34. The van der Waals surface area contributed by atoms with Crippen molar-refractivity contribution in [3.63, 3.8) is 0 Å². The Hall–Kier alpha value is -1.96. The molecule has 2 amide bonds. The third-order valence-electron chi connectivity index (χ3n) is 4.81. The lowest BCUT2D eigenvalue weighted by molar-refractivity contribution is -0.152. The summed E-state index contributed by atoms with van der Waals surface area (Å²) in [5.41, 5.74) is 5.75. The van der Waals surface area contributed by atoms with Crippen LogP contribution in [0.1, 0.15) is 47.6 Å². The van der Waals surface area contributed by atoms with Gasteiger partial charge in [0.2, 0.25) is 5.91 Å². The SMILES string of the molecule is COC(=O)[C@H]1C[C@H](C(=O)NNC(=O)c2nc(CC3CCC3)cs2)C1. The van der Waals surface area contributed by atoms with Gasteiger partial charge in [0, 0.05) is 11.3 Å². The molecule has 0 aromatic carbocycles. The van der Waals surface area contributed by atoms with E-state index in [-0.39, 0.29) is 23.7 Å². The Bertz CT molecular complexity index is 635. The van der Waals surface area contributed by atoms with Gasteiger partial charge in [0.05, 0.1) is 18.7 Å². The van der Waals surface area contributed by atoms with E-state index in [1.807, 2.05) is 5.38 Å². The van der Waals surface area contributed by atoms with Crippen molar-refractivity contribution in [2.75, 3.05) is 7.11 Å². The van der Waals surface area contributed by atoms with Crippen LogP contribution in [0.2, 0.25) is 0 Å². The van der Waals surface area contributed by atoms with E-state index in [4.69, 9.17) is 0 Å². The molecule has 0 atom stereocenters. The number of hydrazine groups is 1. The standard InChI is InChI=1S/C16H21N3O4S/c1-23-16(22)11-6-10(7-11)13(20)18-19-14(21)15-17-12(8-24-15)5-9-3-2-4-9/h8-11H,2-7H2,1H3,(H,18,20)(H,19,21)/t10-,11-. The Morgan fingerprint density at radius 1 is 1.25 bits per heavy atom. The van der Waals surface area contributed by atoms with Crippen molar-refractivity contribution in [2.45, 2.75) is 38.5 Å². The number of hydrogen-bond acceptors (Lipinski definition) is 6. The first kappa shape index (κ1) is 16.9. The summed E-state index contributed by atoms with van der Waals surface area (Å²) in [5, 5.41) is 2.26. The van der Waals surface area contributed by atoms with Crippen LogP contribution in [0.25, 0.3) is 0 Å². The monoisotopic (exact) mass is 351 g/mol. The lowest BCUT2D eigenvalue weighted by atomic mass is 9.74. The summed E-state index contributed by atoms with van der Waals surface area (Å²) in [6.45, 7) is 0. The summed E-state index contributed by atoms with van der Waals surface area (Å²) in [6.07, 6.45) is 5.60. The van der Waals surface area contributed by atoms with Gasteiger partial charge in [0.25, 0.3) is 5.91 Å². The van der Waals surface area contributed by atoms with Crippen molar-refractivity contribution in [2.24, 2.45) is 17.8 Å². The molecule has 0 radical (unpaired) electrons. The maximum atomic E-state index is 12.0. The third-order valence-corrected chi connectivity index (χ3v) is 5.70. The van der Waals surface area contributed by atoms with E-state index in [0.717, 1.165) is 12.1 Å². The van der Waals surface area contributed by atoms with E-state index in [9.17, 15) is 14.4 Å². The van der Waals surface area contributed by atoms with E-state index < -0.39 is 5.91 Å². The first-order valence-corrected chi connectivity index (χ1v) is 9.07. The van der Waals surface area contributed by atoms with Crippen molar-refractivity contribution in [1.29, 1.82) is 0 Å². The van der Waals surface area contributed by atoms with Gasteiger partial charge in [-0.3, -0.25) is 25.2 Å². The second kappa shape index (κ2) is 7.29. The topological polar surface area (TPSA) is 97.4 Å². The number of rotatable bonds is 5. The number of nitrogens with one attached hydrogen (secondary N) is 2. The molecule has 7 nitrogen and oxygen atoms in total. The molecule has 130 valence electrons. The third kappa shape index (κ3) is 3.75. The fourth-order valence-corrected chi connectivity index (χ4v) is 3.69. The van der Waals surface area contributed by atoms with Crippen molar-refractivity contribution < 1.29 is 19.1 Å². The van der Waals surface area contributed by atoms with Crippen LogP contribution in [0.5, 0.6) is 0 Å². The minimum atomic E-state index is -0.406. The van der Waals surface area contributed by atoms with Gasteiger partial charge < -0.3 is 4.74 Å². The molecule has 0 saturated heterocycles. The Labute approximate surface area is 144 Å². The van der Waals surface area contributed by atoms with Crippen LogP contribution >= 0.6 is 11.3 Å². The number of methoxy groups -OCH3 is 1. The highest BCUT2D eigenvalue weighted by atomic mass is 32.1. The summed E-state index contributed by atoms with van der Waals surface area (Å²) < 4.78 is 4.63. The molecule has 2 fully saturated rings. The highest BCUT2D eigenvalue weighted by Gasteiger charge is 2.39. The number of esters is 1. The summed E-state index contributed by atoms with van der Waals surface area (Å²) in [6, 6.07) is 0. The zero-order chi connectivity index (χ0) is 17.1. The van der Waals surface area contributed by atoms with E-state index in [2.05, 4.69) is 20.6 Å². The highest BCUT2D eigenvalue weighted by molar-refractivity contribution is 7.11. The van der Waals surface area contributed by atoms with Crippen molar-refractivity contribution >= 4 is 29.1 Å². The van der Waals surface area contributed by atoms with Crippen LogP contribution < -0.4 is 10.9 Å². The summed E-state index contributed by atoms with van der Waals surface area (Å²) >= 11 is 1.29. The van der Waals surface area contributed by atoms with Crippen LogP contribution in [0.15, 0.2) is 5.38 Å². The molecule has 1 aromatic rings. The van der Waals surface area contributed by atoms with E-state index in [1.165, 1.54) is 37.7 Å². The van der Waals surface area contributed by atoms with Crippen LogP contribution in [0, 0.1) is 17.8 Å². The lowest BCUT2D eigenvalue weighted by Gasteiger charge is -2.31. The summed E-state index contributed by atoms with van der Waals surface area (Å²) in [5.74, 6) is -0.755. The second-order valence-corrected chi connectivity index (χ2v) is 7.33. The first-order chi connectivity index (χ1) is 11.6. The van der Waals surface area contributed by atoms with E-state index >= 15 is 0 Å². The molecule has 3 rings (SSSR count). The Morgan fingerprint density at radius 3 is 2.62 bits per heavy atom. The van der Waals surface area contributed by atoms with Gasteiger partial charge in [-0.1, -0.05) is 19.3 Å². The Balaban J connectivity index is 1.41.